The maximum atomic E-state index is 5.11. The molecule has 1 aliphatic carbocycles. The first-order valence-corrected chi connectivity index (χ1v) is 10.6. The number of aromatic nitrogens is 1. The molecular formula is C22H29N4S+. The van der Waals surface area contributed by atoms with E-state index in [0.717, 1.165) is 38.3 Å². The summed E-state index contributed by atoms with van der Waals surface area (Å²) < 4.78 is 3.47. The first-order valence-electron chi connectivity index (χ1n) is 9.78. The highest BCUT2D eigenvalue weighted by atomic mass is 32.1. The van der Waals surface area contributed by atoms with Gasteiger partial charge >= 0.3 is 0 Å². The number of rotatable bonds is 2. The highest BCUT2D eigenvalue weighted by Crippen LogP contribution is 2.35. The lowest BCUT2D eigenvalue weighted by Gasteiger charge is -2.34. The van der Waals surface area contributed by atoms with Crippen molar-refractivity contribution in [2.24, 2.45) is 0 Å². The highest BCUT2D eigenvalue weighted by molar-refractivity contribution is 7.21. The van der Waals surface area contributed by atoms with E-state index in [-0.39, 0.29) is 0 Å². The smallest absolute Gasteiger partial charge is 0.201 e. The summed E-state index contributed by atoms with van der Waals surface area (Å²) in [5.74, 6) is 0. The summed E-state index contributed by atoms with van der Waals surface area (Å²) in [5.41, 5.74) is 6.27. The molecule has 4 nitrogen and oxygen atoms in total. The molecule has 1 aromatic carbocycles. The van der Waals surface area contributed by atoms with Crippen LogP contribution in [0.25, 0.3) is 20.8 Å². The minimum absolute atomic E-state index is 1.01. The number of likely N-dealkylation sites (N-methyl/N-ethyl adjacent to an activating group) is 1. The Labute approximate surface area is 165 Å². The van der Waals surface area contributed by atoms with Crippen LogP contribution in [-0.4, -0.2) is 57.2 Å². The van der Waals surface area contributed by atoms with E-state index in [9.17, 15) is 0 Å². The first-order chi connectivity index (χ1) is 13.0. The minimum atomic E-state index is 1.01. The third-order valence-corrected chi connectivity index (χ3v) is 6.66. The van der Waals surface area contributed by atoms with Crippen LogP contribution in [0.3, 0.4) is 0 Å². The van der Waals surface area contributed by atoms with Crippen LogP contribution >= 0.6 is 11.3 Å². The maximum Gasteiger partial charge on any atom is 0.201 e. The molecule has 0 aromatic heterocycles. The quantitative estimate of drug-likeness (QED) is 0.503. The topological polar surface area (TPSA) is 22.4 Å². The van der Waals surface area contributed by atoms with E-state index >= 15 is 0 Å². The molecule has 27 heavy (non-hydrogen) atoms. The number of hydrogen-bond acceptors (Lipinski definition) is 4. The van der Waals surface area contributed by atoms with E-state index in [1.165, 1.54) is 37.3 Å². The first kappa shape index (κ1) is 18.4. The Morgan fingerprint density at radius 1 is 1.07 bits per heavy atom. The molecule has 0 amide bonds. The fraction of sp³-hybridized carbons (Fsp3) is 0.455. The molecule has 0 unspecified atom stereocenters. The SMILES string of the molecule is CCc1cc(N2CCN(C)CC2)cc2sc3cc(=[N+](C)C)cc(C)c-3nc12. The summed E-state index contributed by atoms with van der Waals surface area (Å²) in [6.45, 7) is 8.86. The molecule has 4 rings (SSSR count). The van der Waals surface area contributed by atoms with Crippen molar-refractivity contribution in [2.75, 3.05) is 52.2 Å². The second-order valence-corrected chi connectivity index (χ2v) is 8.90. The number of piperazine rings is 1. The summed E-state index contributed by atoms with van der Waals surface area (Å²) in [6, 6.07) is 9.23. The Morgan fingerprint density at radius 3 is 2.48 bits per heavy atom. The molecule has 1 fully saturated rings. The van der Waals surface area contributed by atoms with E-state index in [4.69, 9.17) is 4.98 Å². The van der Waals surface area contributed by atoms with Crippen LogP contribution in [0.2, 0.25) is 0 Å². The number of hydrogen-bond donors (Lipinski definition) is 0. The zero-order valence-electron chi connectivity index (χ0n) is 17.0. The van der Waals surface area contributed by atoms with E-state index in [0.29, 0.717) is 0 Å². The monoisotopic (exact) mass is 381 g/mol. The van der Waals surface area contributed by atoms with E-state index in [1.807, 2.05) is 11.3 Å². The van der Waals surface area contributed by atoms with E-state index < -0.39 is 0 Å². The van der Waals surface area contributed by atoms with E-state index in [1.54, 1.807) is 0 Å². The van der Waals surface area contributed by atoms with Crippen molar-refractivity contribution >= 4 is 27.2 Å². The Balaban J connectivity index is 1.92. The number of nitrogens with zero attached hydrogens (tertiary/aromatic N) is 4. The van der Waals surface area contributed by atoms with Crippen LogP contribution in [0.1, 0.15) is 18.1 Å². The molecule has 3 aliphatic rings. The van der Waals surface area contributed by atoms with Crippen molar-refractivity contribution in [2.45, 2.75) is 20.3 Å². The zero-order valence-corrected chi connectivity index (χ0v) is 17.9. The van der Waals surface area contributed by atoms with Crippen molar-refractivity contribution in [3.05, 3.63) is 40.7 Å². The Morgan fingerprint density at radius 2 is 1.81 bits per heavy atom. The second-order valence-electron chi connectivity index (χ2n) is 7.81. The number of aryl methyl sites for hydroxylation is 2. The van der Waals surface area contributed by atoms with Gasteiger partial charge in [0, 0.05) is 44.0 Å². The third kappa shape index (κ3) is 3.46. The van der Waals surface area contributed by atoms with Crippen LogP contribution < -0.4 is 14.8 Å². The predicted molar refractivity (Wildman–Crippen MR) is 117 cm³/mol. The molecule has 0 N–H and O–H groups in total. The lowest BCUT2D eigenvalue weighted by atomic mass is 10.1. The van der Waals surface area contributed by atoms with Crippen LogP contribution in [0.15, 0.2) is 24.3 Å². The predicted octanol–water partition coefficient (Wildman–Crippen LogP) is 3.06. The Hall–Kier alpha value is -1.98. The molecule has 1 aromatic rings. The van der Waals surface area contributed by atoms with Crippen LogP contribution in [0.5, 0.6) is 0 Å². The minimum Gasteiger partial charge on any atom is -0.369 e. The van der Waals surface area contributed by atoms with Crippen molar-refractivity contribution in [3.63, 3.8) is 0 Å². The van der Waals surface area contributed by atoms with Gasteiger partial charge in [-0.15, -0.1) is 11.3 Å². The number of anilines is 1. The molecule has 2 heterocycles. The van der Waals surface area contributed by atoms with Gasteiger partial charge < -0.3 is 9.80 Å². The van der Waals surface area contributed by atoms with Crippen molar-refractivity contribution < 1.29 is 0 Å². The molecule has 1 saturated heterocycles. The molecule has 0 spiro atoms. The van der Waals surface area contributed by atoms with Crippen LogP contribution in [0, 0.1) is 6.92 Å². The average molecular weight is 382 g/mol. The second kappa shape index (κ2) is 7.21. The molecule has 0 bridgehead atoms. The summed E-state index contributed by atoms with van der Waals surface area (Å²) in [7, 11) is 6.40. The van der Waals surface area contributed by atoms with Crippen molar-refractivity contribution in [3.8, 4) is 10.6 Å². The lowest BCUT2D eigenvalue weighted by molar-refractivity contribution is 0.313. The zero-order chi connectivity index (χ0) is 19.1. The lowest BCUT2D eigenvalue weighted by Crippen LogP contribution is -2.44. The van der Waals surface area contributed by atoms with Gasteiger partial charge in [-0.1, -0.05) is 6.92 Å². The summed E-state index contributed by atoms with van der Waals surface area (Å²) in [6.07, 6.45) is 1.01. The fourth-order valence-corrected chi connectivity index (χ4v) is 4.98. The summed E-state index contributed by atoms with van der Waals surface area (Å²) >= 11 is 1.88. The molecule has 2 aliphatic heterocycles. The molecule has 5 heteroatoms. The largest absolute Gasteiger partial charge is 0.369 e. The van der Waals surface area contributed by atoms with Gasteiger partial charge in [0.2, 0.25) is 5.36 Å². The third-order valence-electron chi connectivity index (χ3n) is 5.60. The fourth-order valence-electron chi connectivity index (χ4n) is 3.81. The normalized spacial score (nSPS) is 15.7. The highest BCUT2D eigenvalue weighted by Gasteiger charge is 2.18. The van der Waals surface area contributed by atoms with Gasteiger partial charge in [-0.3, -0.25) is 0 Å². The average Bonchev–Trinajstić information content (AvgIpc) is 2.66. The molecule has 142 valence electrons. The van der Waals surface area contributed by atoms with Crippen LogP contribution in [-0.2, 0) is 6.42 Å². The van der Waals surface area contributed by atoms with E-state index in [2.05, 4.69) is 73.6 Å². The summed E-state index contributed by atoms with van der Waals surface area (Å²) in [4.78, 5) is 11.3. The summed E-state index contributed by atoms with van der Waals surface area (Å²) in [5, 5.41) is 1.24. The van der Waals surface area contributed by atoms with Gasteiger partial charge in [0.05, 0.1) is 20.8 Å². The number of benzene rings is 2. The molecule has 0 atom stereocenters. The molecule has 0 radical (unpaired) electrons. The van der Waals surface area contributed by atoms with Gasteiger partial charge in [-0.2, -0.15) is 0 Å². The van der Waals surface area contributed by atoms with Gasteiger partial charge in [-0.05, 0) is 43.7 Å². The Kier molecular flexibility index (Phi) is 4.91. The molecular weight excluding hydrogens is 352 g/mol. The standard InChI is InChI=1S/C22H29N4S/c1-6-16-12-18(26-9-7-25(5)8-10-26)14-20-22(16)23-21-15(2)11-17(24(3)4)13-19(21)27-20/h11-14H,6-10H2,1-5H3/q+1. The van der Waals surface area contributed by atoms with Crippen molar-refractivity contribution in [1.29, 1.82) is 0 Å². The number of fused-ring (bicyclic) bond motifs is 2. The molecule has 0 saturated carbocycles. The van der Waals surface area contributed by atoms with Gasteiger partial charge in [0.25, 0.3) is 0 Å². The van der Waals surface area contributed by atoms with Gasteiger partial charge in [0.15, 0.2) is 0 Å². The van der Waals surface area contributed by atoms with Gasteiger partial charge in [0.1, 0.15) is 14.1 Å². The maximum absolute atomic E-state index is 5.11. The van der Waals surface area contributed by atoms with Crippen LogP contribution in [0.4, 0.5) is 5.69 Å². The van der Waals surface area contributed by atoms with Gasteiger partial charge in [-0.25, -0.2) is 9.56 Å². The Bertz CT molecular complexity index is 1020. The van der Waals surface area contributed by atoms with Crippen molar-refractivity contribution in [1.82, 2.24) is 14.5 Å².